The predicted octanol–water partition coefficient (Wildman–Crippen LogP) is 2.75. The van der Waals surface area contributed by atoms with E-state index in [-0.39, 0.29) is 18.1 Å². The summed E-state index contributed by atoms with van der Waals surface area (Å²) in [5.41, 5.74) is 1.92. The van der Waals surface area contributed by atoms with Crippen LogP contribution in [0.2, 0.25) is 0 Å². The molecule has 2 aromatic heterocycles. The van der Waals surface area contributed by atoms with Crippen molar-refractivity contribution in [3.05, 3.63) is 54.7 Å². The molecule has 2 aliphatic heterocycles. The largest absolute Gasteiger partial charge is 0.488 e. The van der Waals surface area contributed by atoms with Crippen LogP contribution in [0.3, 0.4) is 0 Å². The highest BCUT2D eigenvalue weighted by atomic mass is 16.5. The van der Waals surface area contributed by atoms with E-state index in [9.17, 15) is 4.79 Å². The van der Waals surface area contributed by atoms with Crippen molar-refractivity contribution in [3.8, 4) is 5.75 Å². The standard InChI is InChI=1S/C26H33N7O2/c1-31(2)14-6-9-23(34)33-15-11-19(17-33)28-26-24-22(10-13-27-25(24)29-30-26)35-21-12-16-32(18-21)20-7-4-3-5-8-20/h3-10,13,19,21H,11-12,14-18H2,1-2H3,(H2,27,28,29,30). The molecular formula is C26H33N7O2. The second-order valence-electron chi connectivity index (χ2n) is 9.49. The number of amides is 1. The normalized spacial score (nSPS) is 20.4. The predicted molar refractivity (Wildman–Crippen MR) is 138 cm³/mol. The lowest BCUT2D eigenvalue weighted by Crippen LogP contribution is -2.30. The van der Waals surface area contributed by atoms with Gasteiger partial charge >= 0.3 is 0 Å². The minimum absolute atomic E-state index is 0.0536. The Morgan fingerprint density at radius 1 is 1.20 bits per heavy atom. The van der Waals surface area contributed by atoms with Crippen LogP contribution in [0.15, 0.2) is 54.7 Å². The van der Waals surface area contributed by atoms with Gasteiger partial charge in [-0.2, -0.15) is 5.10 Å². The first kappa shape index (κ1) is 23.2. The zero-order chi connectivity index (χ0) is 24.2. The molecule has 184 valence electrons. The molecule has 2 atom stereocenters. The van der Waals surface area contributed by atoms with Gasteiger partial charge in [-0.25, -0.2) is 4.98 Å². The van der Waals surface area contributed by atoms with Gasteiger partial charge in [-0.05, 0) is 38.7 Å². The Morgan fingerprint density at radius 2 is 2.06 bits per heavy atom. The van der Waals surface area contributed by atoms with Crippen molar-refractivity contribution in [2.24, 2.45) is 0 Å². The fourth-order valence-electron chi connectivity index (χ4n) is 4.74. The zero-order valence-corrected chi connectivity index (χ0v) is 20.4. The molecule has 4 heterocycles. The third-order valence-corrected chi connectivity index (χ3v) is 6.55. The van der Waals surface area contributed by atoms with Crippen molar-refractivity contribution in [1.29, 1.82) is 0 Å². The minimum atomic E-state index is 0.0536. The van der Waals surface area contributed by atoms with Crippen molar-refractivity contribution in [2.75, 3.05) is 57.0 Å². The van der Waals surface area contributed by atoms with Gasteiger partial charge in [-0.1, -0.05) is 24.3 Å². The minimum Gasteiger partial charge on any atom is -0.488 e. The molecule has 9 nitrogen and oxygen atoms in total. The number of ether oxygens (including phenoxy) is 1. The lowest BCUT2D eigenvalue weighted by Gasteiger charge is -2.19. The topological polar surface area (TPSA) is 89.6 Å². The van der Waals surface area contributed by atoms with Crippen LogP contribution in [-0.4, -0.2) is 89.9 Å². The number of nitrogens with zero attached hydrogens (tertiary/aromatic N) is 5. The van der Waals surface area contributed by atoms with Gasteiger partial charge in [-0.15, -0.1) is 0 Å². The number of carbonyl (C=O) groups is 1. The summed E-state index contributed by atoms with van der Waals surface area (Å²) in [6, 6.07) is 12.5. The molecule has 2 fully saturated rings. The van der Waals surface area contributed by atoms with Gasteiger partial charge in [0.15, 0.2) is 11.5 Å². The van der Waals surface area contributed by atoms with Crippen LogP contribution in [0.5, 0.6) is 5.75 Å². The number of likely N-dealkylation sites (N-methyl/N-ethyl adjacent to an activating group) is 1. The van der Waals surface area contributed by atoms with Crippen molar-refractivity contribution >= 4 is 28.4 Å². The van der Waals surface area contributed by atoms with Crippen LogP contribution < -0.4 is 15.0 Å². The molecule has 9 heteroatoms. The Labute approximate surface area is 205 Å². The first-order chi connectivity index (χ1) is 17.1. The fraction of sp³-hybridized carbons (Fsp3) is 0.423. The van der Waals surface area contributed by atoms with E-state index in [2.05, 4.69) is 49.7 Å². The average molecular weight is 476 g/mol. The molecule has 3 aromatic rings. The van der Waals surface area contributed by atoms with E-state index in [0.717, 1.165) is 56.0 Å². The summed E-state index contributed by atoms with van der Waals surface area (Å²) in [7, 11) is 3.97. The second-order valence-corrected chi connectivity index (χ2v) is 9.49. The molecule has 1 aromatic carbocycles. The van der Waals surface area contributed by atoms with Crippen molar-refractivity contribution in [2.45, 2.75) is 25.0 Å². The molecule has 1 amide bonds. The molecule has 0 radical (unpaired) electrons. The lowest BCUT2D eigenvalue weighted by atomic mass is 10.2. The highest BCUT2D eigenvalue weighted by Crippen LogP contribution is 2.32. The Morgan fingerprint density at radius 3 is 2.89 bits per heavy atom. The number of anilines is 2. The molecule has 2 saturated heterocycles. The van der Waals surface area contributed by atoms with E-state index >= 15 is 0 Å². The van der Waals surface area contributed by atoms with E-state index < -0.39 is 0 Å². The number of nitrogens with one attached hydrogen (secondary N) is 2. The van der Waals surface area contributed by atoms with E-state index in [1.54, 1.807) is 12.3 Å². The van der Waals surface area contributed by atoms with Crippen molar-refractivity contribution < 1.29 is 9.53 Å². The van der Waals surface area contributed by atoms with Gasteiger partial charge in [0, 0.05) is 56.6 Å². The summed E-state index contributed by atoms with van der Waals surface area (Å²) in [6.07, 6.45) is 7.24. The number of pyridine rings is 1. The number of hydrogen-bond acceptors (Lipinski definition) is 7. The lowest BCUT2D eigenvalue weighted by molar-refractivity contribution is -0.125. The van der Waals surface area contributed by atoms with E-state index in [1.165, 1.54) is 5.69 Å². The van der Waals surface area contributed by atoms with Gasteiger partial charge in [0.2, 0.25) is 5.91 Å². The van der Waals surface area contributed by atoms with E-state index in [0.29, 0.717) is 12.2 Å². The number of likely N-dealkylation sites (tertiary alicyclic amines) is 1. The van der Waals surface area contributed by atoms with Crippen LogP contribution in [0, 0.1) is 0 Å². The number of carbonyl (C=O) groups excluding carboxylic acids is 1. The highest BCUT2D eigenvalue weighted by molar-refractivity contribution is 5.93. The van der Waals surface area contributed by atoms with E-state index in [4.69, 9.17) is 4.74 Å². The molecule has 2 N–H and O–H groups in total. The molecule has 5 rings (SSSR count). The highest BCUT2D eigenvalue weighted by Gasteiger charge is 2.28. The second kappa shape index (κ2) is 10.4. The maximum absolute atomic E-state index is 12.5. The first-order valence-electron chi connectivity index (χ1n) is 12.2. The third kappa shape index (κ3) is 5.40. The summed E-state index contributed by atoms with van der Waals surface area (Å²) in [4.78, 5) is 23.2. The summed E-state index contributed by atoms with van der Waals surface area (Å²) in [5, 5.41) is 11.9. The van der Waals surface area contributed by atoms with Gasteiger partial charge in [-0.3, -0.25) is 9.89 Å². The third-order valence-electron chi connectivity index (χ3n) is 6.55. The smallest absolute Gasteiger partial charge is 0.246 e. The van der Waals surface area contributed by atoms with Crippen LogP contribution in [0.25, 0.3) is 11.0 Å². The molecule has 2 aliphatic rings. The SMILES string of the molecule is CN(C)CC=CC(=O)N1CCC(Nc2n[nH]c3nccc(OC4CCN(c5ccccc5)C4)c23)C1. The van der Waals surface area contributed by atoms with Gasteiger partial charge < -0.3 is 24.8 Å². The molecular weight excluding hydrogens is 442 g/mol. The average Bonchev–Trinajstić information content (AvgIpc) is 3.61. The Bertz CT molecular complexity index is 1180. The summed E-state index contributed by atoms with van der Waals surface area (Å²) >= 11 is 0. The molecule has 2 unspecified atom stereocenters. The number of aromatic nitrogens is 3. The fourth-order valence-corrected chi connectivity index (χ4v) is 4.74. The van der Waals surface area contributed by atoms with Crippen LogP contribution >= 0.6 is 0 Å². The Hall–Kier alpha value is -3.59. The number of benzene rings is 1. The van der Waals surface area contributed by atoms with Gasteiger partial charge in [0.05, 0.1) is 6.54 Å². The number of hydrogen-bond donors (Lipinski definition) is 2. The summed E-state index contributed by atoms with van der Waals surface area (Å²) in [6.45, 7) is 3.93. The quantitative estimate of drug-likeness (QED) is 0.484. The van der Waals surface area contributed by atoms with Crippen molar-refractivity contribution in [3.63, 3.8) is 0 Å². The number of aromatic amines is 1. The number of rotatable bonds is 8. The van der Waals surface area contributed by atoms with E-state index in [1.807, 2.05) is 42.1 Å². The van der Waals surface area contributed by atoms with Crippen molar-refractivity contribution in [1.82, 2.24) is 25.0 Å². The molecule has 0 bridgehead atoms. The zero-order valence-electron chi connectivity index (χ0n) is 20.4. The Kier molecular flexibility index (Phi) is 6.85. The first-order valence-corrected chi connectivity index (χ1v) is 12.2. The number of H-pyrrole nitrogens is 1. The molecule has 35 heavy (non-hydrogen) atoms. The maximum Gasteiger partial charge on any atom is 0.246 e. The summed E-state index contributed by atoms with van der Waals surface area (Å²) < 4.78 is 6.47. The van der Waals surface area contributed by atoms with Crippen LogP contribution in [0.4, 0.5) is 11.5 Å². The van der Waals surface area contributed by atoms with Gasteiger partial charge in [0.1, 0.15) is 17.2 Å². The van der Waals surface area contributed by atoms with Gasteiger partial charge in [0.25, 0.3) is 0 Å². The summed E-state index contributed by atoms with van der Waals surface area (Å²) in [5.74, 6) is 1.56. The molecule has 0 saturated carbocycles. The maximum atomic E-state index is 12.5. The number of fused-ring (bicyclic) bond motifs is 1. The molecule has 0 spiro atoms. The van der Waals surface area contributed by atoms with Crippen LogP contribution in [-0.2, 0) is 4.79 Å². The molecule has 0 aliphatic carbocycles. The Balaban J connectivity index is 1.24. The monoisotopic (exact) mass is 475 g/mol. The van der Waals surface area contributed by atoms with Crippen LogP contribution in [0.1, 0.15) is 12.8 Å². The number of para-hydroxylation sites is 1.